The van der Waals surface area contributed by atoms with Gasteiger partial charge in [-0.15, -0.1) is 11.3 Å². The van der Waals surface area contributed by atoms with Gasteiger partial charge in [-0.3, -0.25) is 0 Å². The Kier molecular flexibility index (Phi) is 4.62. The van der Waals surface area contributed by atoms with Crippen LogP contribution in [0.1, 0.15) is 29.0 Å². The Balaban J connectivity index is 2.29. The van der Waals surface area contributed by atoms with E-state index in [-0.39, 0.29) is 4.21 Å². The van der Waals surface area contributed by atoms with Gasteiger partial charge in [-0.05, 0) is 24.6 Å². The summed E-state index contributed by atoms with van der Waals surface area (Å²) >= 11 is 6.62. The van der Waals surface area contributed by atoms with E-state index in [9.17, 15) is 13.2 Å². The molecule has 0 aliphatic carbocycles. The first kappa shape index (κ1) is 15.9. The Bertz CT molecular complexity index is 773. The van der Waals surface area contributed by atoms with Crippen LogP contribution in [-0.2, 0) is 10.0 Å². The highest BCUT2D eigenvalue weighted by Gasteiger charge is 2.27. The second kappa shape index (κ2) is 6.10. The number of carboxylic acids is 1. The molecule has 112 valence electrons. The average molecular weight is 347 g/mol. The first-order valence-corrected chi connectivity index (χ1v) is 8.50. The summed E-state index contributed by atoms with van der Waals surface area (Å²) in [6.07, 6.45) is 0. The molecule has 1 aromatic heterocycles. The zero-order valence-electron chi connectivity index (χ0n) is 10.8. The maximum absolute atomic E-state index is 12.3. The number of carbonyl (C=O) groups is 1. The fraction of sp³-hybridized carbons (Fsp3) is 0.167. The topological polar surface area (TPSA) is 96.4 Å². The van der Waals surface area contributed by atoms with Crippen molar-refractivity contribution in [3.05, 3.63) is 46.1 Å². The van der Waals surface area contributed by atoms with Crippen LogP contribution in [0, 0.1) is 0 Å². The van der Waals surface area contributed by atoms with E-state index in [1.54, 1.807) is 31.2 Å². The smallest absolute Gasteiger partial charge is 0.356 e. The summed E-state index contributed by atoms with van der Waals surface area (Å²) in [5, 5.41) is 9.43. The third-order valence-corrected chi connectivity index (χ3v) is 5.81. The molecule has 0 unspecified atom stereocenters. The van der Waals surface area contributed by atoms with Gasteiger partial charge in [0.2, 0.25) is 0 Å². The number of carboxylic acid groups (broad SMARTS) is 1. The molecular weight excluding hydrogens is 336 g/mol. The van der Waals surface area contributed by atoms with Crippen LogP contribution >= 0.6 is 22.9 Å². The number of nitrogens with zero attached hydrogens (tertiary/aromatic N) is 1. The normalized spacial score (nSPS) is 13.0. The molecule has 0 radical (unpaired) electrons. The lowest BCUT2D eigenvalue weighted by molar-refractivity contribution is 0.0687. The minimum absolute atomic E-state index is 0.316. The van der Waals surface area contributed by atoms with Crippen molar-refractivity contribution < 1.29 is 18.3 Å². The lowest BCUT2D eigenvalue weighted by Crippen LogP contribution is -2.27. The Morgan fingerprint density at radius 1 is 1.48 bits per heavy atom. The number of aromatic nitrogens is 1. The van der Waals surface area contributed by atoms with Gasteiger partial charge in [-0.1, -0.05) is 23.7 Å². The van der Waals surface area contributed by atoms with E-state index in [0.29, 0.717) is 10.6 Å². The maximum Gasteiger partial charge on any atom is 0.356 e. The van der Waals surface area contributed by atoms with Gasteiger partial charge in [0.1, 0.15) is 0 Å². The molecule has 0 aliphatic heterocycles. The number of nitrogens with one attached hydrogen (secondary N) is 1. The first-order chi connectivity index (χ1) is 9.81. The number of sulfonamides is 1. The van der Waals surface area contributed by atoms with E-state index in [0.717, 1.165) is 11.3 Å². The van der Waals surface area contributed by atoms with Crippen molar-refractivity contribution >= 4 is 38.9 Å². The number of hydrogen-bond acceptors (Lipinski definition) is 5. The molecule has 21 heavy (non-hydrogen) atoms. The number of aromatic carboxylic acids is 1. The summed E-state index contributed by atoms with van der Waals surface area (Å²) in [4.78, 5) is 14.5. The number of hydrogen-bond donors (Lipinski definition) is 2. The lowest BCUT2D eigenvalue weighted by atomic mass is 10.1. The zero-order chi connectivity index (χ0) is 15.6. The molecule has 1 heterocycles. The first-order valence-electron chi connectivity index (χ1n) is 5.76. The van der Waals surface area contributed by atoms with Crippen LogP contribution in [0.3, 0.4) is 0 Å². The van der Waals surface area contributed by atoms with Crippen LogP contribution in [0.5, 0.6) is 0 Å². The molecule has 0 saturated heterocycles. The van der Waals surface area contributed by atoms with Crippen molar-refractivity contribution in [3.8, 4) is 0 Å². The van der Waals surface area contributed by atoms with Gasteiger partial charge in [-0.25, -0.2) is 22.9 Å². The minimum Gasteiger partial charge on any atom is -0.476 e. The highest BCUT2D eigenvalue weighted by atomic mass is 35.5. The van der Waals surface area contributed by atoms with E-state index in [4.69, 9.17) is 16.7 Å². The molecule has 1 aromatic carbocycles. The number of thiazole rings is 1. The molecule has 0 spiro atoms. The summed E-state index contributed by atoms with van der Waals surface area (Å²) in [5.41, 5.74) is 1.38. The van der Waals surface area contributed by atoms with E-state index in [2.05, 4.69) is 9.71 Å². The van der Waals surface area contributed by atoms with Crippen molar-refractivity contribution in [1.29, 1.82) is 0 Å². The molecule has 1 atom stereocenters. The highest BCUT2D eigenvalue weighted by Crippen LogP contribution is 2.24. The van der Waals surface area contributed by atoms with E-state index in [1.165, 1.54) is 5.51 Å². The van der Waals surface area contributed by atoms with Crippen molar-refractivity contribution in [3.63, 3.8) is 0 Å². The number of rotatable bonds is 5. The van der Waals surface area contributed by atoms with Crippen LogP contribution in [-0.4, -0.2) is 24.5 Å². The maximum atomic E-state index is 12.3. The largest absolute Gasteiger partial charge is 0.476 e. The second-order valence-corrected chi connectivity index (χ2v) is 7.39. The van der Waals surface area contributed by atoms with Gasteiger partial charge in [0, 0.05) is 11.1 Å². The fourth-order valence-corrected chi connectivity index (χ4v) is 4.29. The molecule has 6 nitrogen and oxygen atoms in total. The van der Waals surface area contributed by atoms with Gasteiger partial charge >= 0.3 is 5.97 Å². The SMILES string of the molecule is C[C@@H](NS(=O)(=O)c1scnc1C(=O)O)c1cccc(Cl)c1. The van der Waals surface area contributed by atoms with Gasteiger partial charge in [0.05, 0.1) is 5.51 Å². The Hall–Kier alpha value is -1.48. The Morgan fingerprint density at radius 3 is 2.81 bits per heavy atom. The second-order valence-electron chi connectivity index (χ2n) is 4.19. The summed E-state index contributed by atoms with van der Waals surface area (Å²) in [5.74, 6) is -1.38. The third-order valence-electron chi connectivity index (χ3n) is 2.66. The predicted molar refractivity (Wildman–Crippen MR) is 79.3 cm³/mol. The lowest BCUT2D eigenvalue weighted by Gasteiger charge is -2.14. The van der Waals surface area contributed by atoms with Crippen LogP contribution in [0.4, 0.5) is 0 Å². The van der Waals surface area contributed by atoms with Crippen LogP contribution in [0.2, 0.25) is 5.02 Å². The number of halogens is 1. The van der Waals surface area contributed by atoms with E-state index < -0.39 is 27.7 Å². The van der Waals surface area contributed by atoms with E-state index in [1.807, 2.05) is 0 Å². The van der Waals surface area contributed by atoms with Crippen molar-refractivity contribution in [2.45, 2.75) is 17.2 Å². The average Bonchev–Trinajstić information content (AvgIpc) is 2.88. The fourth-order valence-electron chi connectivity index (χ4n) is 1.70. The molecule has 0 saturated carbocycles. The molecule has 0 amide bonds. The van der Waals surface area contributed by atoms with Gasteiger partial charge < -0.3 is 5.11 Å². The minimum atomic E-state index is -3.97. The molecule has 0 aliphatic rings. The quantitative estimate of drug-likeness (QED) is 0.867. The predicted octanol–water partition coefficient (Wildman–Crippen LogP) is 2.53. The summed E-state index contributed by atoms with van der Waals surface area (Å²) in [6.45, 7) is 1.64. The van der Waals surface area contributed by atoms with Crippen molar-refractivity contribution in [2.75, 3.05) is 0 Å². The van der Waals surface area contributed by atoms with Crippen molar-refractivity contribution in [1.82, 2.24) is 9.71 Å². The summed E-state index contributed by atoms with van der Waals surface area (Å²) < 4.78 is 26.6. The zero-order valence-corrected chi connectivity index (χ0v) is 13.2. The molecule has 0 fully saturated rings. The van der Waals surface area contributed by atoms with Crippen LogP contribution < -0.4 is 4.72 Å². The van der Waals surface area contributed by atoms with Crippen LogP contribution in [0.25, 0.3) is 0 Å². The number of benzene rings is 1. The third kappa shape index (κ3) is 3.59. The van der Waals surface area contributed by atoms with Gasteiger partial charge in [0.25, 0.3) is 10.0 Å². The molecule has 2 aromatic rings. The molecular formula is C12H11ClN2O4S2. The molecule has 2 rings (SSSR count). The van der Waals surface area contributed by atoms with Gasteiger partial charge in [0.15, 0.2) is 9.90 Å². The Labute approximate surface area is 130 Å². The Morgan fingerprint density at radius 2 is 2.19 bits per heavy atom. The summed E-state index contributed by atoms with van der Waals surface area (Å²) in [7, 11) is -3.97. The standard InChI is InChI=1S/C12H11ClN2O4S2/c1-7(8-3-2-4-9(13)5-8)15-21(18,19)12-10(11(16)17)14-6-20-12/h2-7,15H,1H3,(H,16,17)/t7-/m1/s1. The molecule has 0 bridgehead atoms. The van der Waals surface area contributed by atoms with Crippen LogP contribution in [0.15, 0.2) is 34.0 Å². The summed E-state index contributed by atoms with van der Waals surface area (Å²) in [6, 6.07) is 6.19. The molecule has 2 N–H and O–H groups in total. The van der Waals surface area contributed by atoms with E-state index >= 15 is 0 Å². The highest BCUT2D eigenvalue weighted by molar-refractivity contribution is 7.91. The van der Waals surface area contributed by atoms with Crippen molar-refractivity contribution in [2.24, 2.45) is 0 Å². The molecule has 9 heteroatoms. The van der Waals surface area contributed by atoms with Gasteiger partial charge in [-0.2, -0.15) is 0 Å². The monoisotopic (exact) mass is 346 g/mol.